The van der Waals surface area contributed by atoms with E-state index < -0.39 is 0 Å². The molecule has 2 heterocycles. The Morgan fingerprint density at radius 3 is 2.83 bits per heavy atom. The number of nitrogens with one attached hydrogen (secondary N) is 3. The summed E-state index contributed by atoms with van der Waals surface area (Å²) >= 11 is 1.04. The van der Waals surface area contributed by atoms with E-state index in [2.05, 4.69) is 25.9 Å². The quantitative estimate of drug-likeness (QED) is 0.434. The zero-order valence-electron chi connectivity index (χ0n) is 9.14. The fraction of sp³-hybridized carbons (Fsp3) is 0.111. The van der Waals surface area contributed by atoms with E-state index >= 15 is 0 Å². The van der Waals surface area contributed by atoms with E-state index in [4.69, 9.17) is 5.84 Å². The summed E-state index contributed by atoms with van der Waals surface area (Å²) in [5.41, 5.74) is 3.13. The van der Waals surface area contributed by atoms with E-state index in [1.54, 1.807) is 5.38 Å². The first kappa shape index (κ1) is 12.2. The number of nitrogen functional groups attached to an aromatic ring is 1. The van der Waals surface area contributed by atoms with Crippen molar-refractivity contribution in [3.05, 3.63) is 38.6 Å². The molecular weight excluding hydrogens is 256 g/mol. The lowest BCUT2D eigenvalue weighted by atomic mass is 10.3. The lowest BCUT2D eigenvalue weighted by Gasteiger charge is -2.03. The largest absolute Gasteiger partial charge is 0.345 e. The monoisotopic (exact) mass is 266 g/mol. The highest BCUT2D eigenvalue weighted by Crippen LogP contribution is 2.00. The van der Waals surface area contributed by atoms with Gasteiger partial charge in [0.15, 0.2) is 11.5 Å². The van der Waals surface area contributed by atoms with Crippen LogP contribution in [0.4, 0.5) is 5.82 Å². The van der Waals surface area contributed by atoms with Crippen molar-refractivity contribution in [3.63, 3.8) is 0 Å². The molecule has 0 radical (unpaired) electrons. The standard InChI is InChI=1S/C9H10N6O2S/c10-13-7-2-1-6(14-15-7)8(16)11-3-5-4-18-9(17)12-5/h1-2,4H,3,10H2,(H,11,16)(H,12,17)(H,13,15). The summed E-state index contributed by atoms with van der Waals surface area (Å²) in [6.45, 7) is 0.232. The zero-order chi connectivity index (χ0) is 13.0. The van der Waals surface area contributed by atoms with Gasteiger partial charge in [-0.2, -0.15) is 0 Å². The van der Waals surface area contributed by atoms with Gasteiger partial charge in [0.1, 0.15) is 0 Å². The molecule has 5 N–H and O–H groups in total. The predicted octanol–water partition coefficient (Wildman–Crippen LogP) is -0.558. The number of nitrogens with two attached hydrogens (primary N) is 1. The maximum atomic E-state index is 11.7. The minimum absolute atomic E-state index is 0.155. The second kappa shape index (κ2) is 5.38. The number of anilines is 1. The summed E-state index contributed by atoms with van der Waals surface area (Å²) < 4.78 is 0. The van der Waals surface area contributed by atoms with Gasteiger partial charge in [-0.15, -0.1) is 10.2 Å². The van der Waals surface area contributed by atoms with E-state index in [0.29, 0.717) is 11.5 Å². The van der Waals surface area contributed by atoms with Gasteiger partial charge in [-0.25, -0.2) is 5.84 Å². The molecule has 2 rings (SSSR count). The highest BCUT2D eigenvalue weighted by molar-refractivity contribution is 7.07. The minimum Gasteiger partial charge on any atom is -0.345 e. The summed E-state index contributed by atoms with van der Waals surface area (Å²) in [5.74, 6) is 5.12. The molecule has 0 saturated heterocycles. The lowest BCUT2D eigenvalue weighted by Crippen LogP contribution is -2.24. The van der Waals surface area contributed by atoms with Gasteiger partial charge in [-0.1, -0.05) is 11.3 Å². The van der Waals surface area contributed by atoms with Crippen LogP contribution in [0.1, 0.15) is 16.2 Å². The number of hydrogen-bond acceptors (Lipinski definition) is 7. The first-order valence-corrected chi connectivity index (χ1v) is 5.82. The third-order valence-electron chi connectivity index (χ3n) is 2.06. The topological polar surface area (TPSA) is 126 Å². The van der Waals surface area contributed by atoms with E-state index in [9.17, 15) is 9.59 Å². The average molecular weight is 266 g/mol. The highest BCUT2D eigenvalue weighted by Gasteiger charge is 2.08. The number of rotatable bonds is 4. The number of hydrogen-bond donors (Lipinski definition) is 4. The number of H-pyrrole nitrogens is 1. The molecular formula is C9H10N6O2S. The van der Waals surface area contributed by atoms with Gasteiger partial charge >= 0.3 is 4.87 Å². The number of hydrazine groups is 1. The molecule has 0 bridgehead atoms. The fourth-order valence-corrected chi connectivity index (χ4v) is 1.78. The van der Waals surface area contributed by atoms with Crippen LogP contribution >= 0.6 is 11.3 Å². The van der Waals surface area contributed by atoms with Crippen molar-refractivity contribution in [1.82, 2.24) is 20.5 Å². The van der Waals surface area contributed by atoms with E-state index in [0.717, 1.165) is 11.3 Å². The lowest BCUT2D eigenvalue weighted by molar-refractivity contribution is 0.0944. The average Bonchev–Trinajstić information content (AvgIpc) is 2.82. The van der Waals surface area contributed by atoms with Gasteiger partial charge in [0.05, 0.1) is 6.54 Å². The Balaban J connectivity index is 1.96. The van der Waals surface area contributed by atoms with Crippen molar-refractivity contribution in [1.29, 1.82) is 0 Å². The first-order valence-electron chi connectivity index (χ1n) is 4.94. The van der Waals surface area contributed by atoms with Crippen LogP contribution in [0.3, 0.4) is 0 Å². The normalized spacial score (nSPS) is 10.1. The van der Waals surface area contributed by atoms with Gasteiger partial charge in [0.2, 0.25) is 0 Å². The van der Waals surface area contributed by atoms with Crippen molar-refractivity contribution in [2.75, 3.05) is 5.43 Å². The van der Waals surface area contributed by atoms with Crippen LogP contribution in [0, 0.1) is 0 Å². The number of thiazole rings is 1. The molecule has 9 heteroatoms. The minimum atomic E-state index is -0.377. The molecule has 0 aliphatic rings. The van der Waals surface area contributed by atoms with Crippen molar-refractivity contribution in [2.24, 2.45) is 5.84 Å². The molecule has 94 valence electrons. The Hall–Kier alpha value is -2.26. The van der Waals surface area contributed by atoms with Crippen LogP contribution in [-0.4, -0.2) is 21.1 Å². The Morgan fingerprint density at radius 1 is 1.44 bits per heavy atom. The number of amides is 1. The van der Waals surface area contributed by atoms with Crippen LogP contribution in [0.25, 0.3) is 0 Å². The number of carbonyl (C=O) groups excluding carboxylic acids is 1. The van der Waals surface area contributed by atoms with Crippen LogP contribution in [0.2, 0.25) is 0 Å². The summed E-state index contributed by atoms with van der Waals surface area (Å²) in [6.07, 6.45) is 0. The summed E-state index contributed by atoms with van der Waals surface area (Å²) in [6, 6.07) is 3.03. The zero-order valence-corrected chi connectivity index (χ0v) is 9.95. The van der Waals surface area contributed by atoms with E-state index in [1.165, 1.54) is 12.1 Å². The Labute approximate surface area is 105 Å². The molecule has 0 unspecified atom stereocenters. The Bertz CT molecular complexity index is 590. The number of nitrogens with zero attached hydrogens (tertiary/aromatic N) is 2. The number of aromatic amines is 1. The summed E-state index contributed by atoms with van der Waals surface area (Å²) in [4.78, 5) is 25.0. The molecule has 0 atom stereocenters. The van der Waals surface area contributed by atoms with Gasteiger partial charge < -0.3 is 15.7 Å². The Kier molecular flexibility index (Phi) is 3.65. The second-order valence-electron chi connectivity index (χ2n) is 3.30. The van der Waals surface area contributed by atoms with Crippen LogP contribution in [-0.2, 0) is 6.54 Å². The molecule has 2 aromatic rings. The first-order chi connectivity index (χ1) is 8.69. The van der Waals surface area contributed by atoms with Gasteiger partial charge in [-0.05, 0) is 12.1 Å². The smallest absolute Gasteiger partial charge is 0.304 e. The van der Waals surface area contributed by atoms with Crippen LogP contribution in [0.15, 0.2) is 22.3 Å². The molecule has 2 aromatic heterocycles. The second-order valence-corrected chi connectivity index (χ2v) is 4.15. The van der Waals surface area contributed by atoms with Crippen LogP contribution in [0.5, 0.6) is 0 Å². The van der Waals surface area contributed by atoms with E-state index in [-0.39, 0.29) is 23.0 Å². The third kappa shape index (κ3) is 2.90. The molecule has 0 saturated carbocycles. The summed E-state index contributed by atoms with van der Waals surface area (Å²) in [5, 5.41) is 11.6. The fourth-order valence-electron chi connectivity index (χ4n) is 1.20. The maximum Gasteiger partial charge on any atom is 0.304 e. The van der Waals surface area contributed by atoms with Crippen molar-refractivity contribution < 1.29 is 4.79 Å². The van der Waals surface area contributed by atoms with Crippen molar-refractivity contribution in [3.8, 4) is 0 Å². The van der Waals surface area contributed by atoms with Gasteiger partial charge in [0.25, 0.3) is 5.91 Å². The van der Waals surface area contributed by atoms with Crippen molar-refractivity contribution in [2.45, 2.75) is 6.54 Å². The van der Waals surface area contributed by atoms with E-state index in [1.807, 2.05) is 0 Å². The van der Waals surface area contributed by atoms with Gasteiger partial charge in [0, 0.05) is 11.1 Å². The van der Waals surface area contributed by atoms with Crippen LogP contribution < -0.4 is 21.5 Å². The molecule has 0 spiro atoms. The predicted molar refractivity (Wildman–Crippen MR) is 66.0 cm³/mol. The number of aromatic nitrogens is 3. The highest BCUT2D eigenvalue weighted by atomic mass is 32.1. The number of carbonyl (C=O) groups is 1. The Morgan fingerprint density at radius 2 is 2.28 bits per heavy atom. The molecule has 0 aromatic carbocycles. The van der Waals surface area contributed by atoms with Gasteiger partial charge in [-0.3, -0.25) is 9.59 Å². The molecule has 1 amide bonds. The third-order valence-corrected chi connectivity index (χ3v) is 2.77. The molecule has 0 aliphatic heterocycles. The molecule has 0 fully saturated rings. The molecule has 0 aliphatic carbocycles. The van der Waals surface area contributed by atoms with Crippen molar-refractivity contribution >= 4 is 23.1 Å². The summed E-state index contributed by atoms with van der Waals surface area (Å²) in [7, 11) is 0. The maximum absolute atomic E-state index is 11.7. The molecule has 18 heavy (non-hydrogen) atoms. The SMILES string of the molecule is NNc1ccc(C(=O)NCc2csc(=O)[nH]2)nn1. The molecule has 8 nitrogen and oxygen atoms in total.